The van der Waals surface area contributed by atoms with Crippen LogP contribution in [-0.2, 0) is 4.79 Å². The number of carbonyl (C=O) groups excluding carboxylic acids is 1. The molecular weight excluding hydrogens is 272 g/mol. The van der Waals surface area contributed by atoms with E-state index < -0.39 is 5.60 Å². The molecule has 0 heterocycles. The third-order valence-electron chi connectivity index (χ3n) is 8.76. The molecule has 4 fully saturated rings. The molecule has 0 amide bonds. The Morgan fingerprint density at radius 2 is 1.77 bits per heavy atom. The second-order valence-electron chi connectivity index (χ2n) is 9.63. The summed E-state index contributed by atoms with van der Waals surface area (Å²) >= 11 is 0. The summed E-state index contributed by atoms with van der Waals surface area (Å²) in [5.74, 6) is 3.11. The molecule has 0 aromatic rings. The Balaban J connectivity index is 1.68. The fourth-order valence-corrected chi connectivity index (χ4v) is 7.27. The molecule has 0 bridgehead atoms. The predicted octanol–water partition coefficient (Wildman–Crippen LogP) is 4.35. The number of carbonyl (C=O) groups is 1. The second-order valence-corrected chi connectivity index (χ2v) is 9.63. The summed E-state index contributed by atoms with van der Waals surface area (Å²) < 4.78 is 0. The highest BCUT2D eigenvalue weighted by Crippen LogP contribution is 2.66. The highest BCUT2D eigenvalue weighted by molar-refractivity contribution is 5.87. The van der Waals surface area contributed by atoms with E-state index in [9.17, 15) is 9.90 Å². The highest BCUT2D eigenvalue weighted by atomic mass is 16.3. The van der Waals surface area contributed by atoms with Crippen LogP contribution in [0, 0.1) is 34.5 Å². The minimum atomic E-state index is -0.442. The maximum Gasteiger partial charge on any atom is 0.139 e. The fourth-order valence-electron chi connectivity index (χ4n) is 7.27. The number of fused-ring (bicyclic) bond motifs is 5. The van der Waals surface area contributed by atoms with Gasteiger partial charge in [0.1, 0.15) is 5.78 Å². The van der Waals surface area contributed by atoms with Crippen molar-refractivity contribution < 1.29 is 9.90 Å². The Hall–Kier alpha value is -0.370. The van der Waals surface area contributed by atoms with Crippen LogP contribution < -0.4 is 0 Å². The van der Waals surface area contributed by atoms with Crippen LogP contribution in [0.15, 0.2) is 0 Å². The van der Waals surface area contributed by atoms with E-state index in [1.54, 1.807) is 0 Å². The van der Waals surface area contributed by atoms with Gasteiger partial charge in [-0.2, -0.15) is 0 Å². The number of ketones is 1. The van der Waals surface area contributed by atoms with Crippen LogP contribution in [0.4, 0.5) is 0 Å². The first-order chi connectivity index (χ1) is 10.3. The lowest BCUT2D eigenvalue weighted by atomic mass is 9.43. The summed E-state index contributed by atoms with van der Waals surface area (Å²) in [6.45, 7) is 6.93. The van der Waals surface area contributed by atoms with Gasteiger partial charge >= 0.3 is 0 Å². The molecule has 124 valence electrons. The van der Waals surface area contributed by atoms with Crippen molar-refractivity contribution in [1.29, 1.82) is 0 Å². The van der Waals surface area contributed by atoms with Crippen molar-refractivity contribution >= 4 is 5.78 Å². The zero-order valence-electron chi connectivity index (χ0n) is 14.5. The number of rotatable bonds is 0. The third kappa shape index (κ3) is 1.74. The molecule has 4 aliphatic rings. The lowest BCUT2D eigenvalue weighted by Crippen LogP contribution is -2.62. The molecule has 0 aliphatic heterocycles. The SMILES string of the molecule is C[C@H]1CC[C@]2(C)[C@H]3CC[C@]4(C)C(=O)CC[C@H]4[C@@H]3CC[C@@]2(O)C1. The number of hydrogen-bond acceptors (Lipinski definition) is 2. The summed E-state index contributed by atoms with van der Waals surface area (Å²) in [5.41, 5.74) is -0.382. The van der Waals surface area contributed by atoms with Gasteiger partial charge in [-0.3, -0.25) is 4.79 Å². The first-order valence-corrected chi connectivity index (χ1v) is 9.56. The molecule has 0 spiro atoms. The van der Waals surface area contributed by atoms with Gasteiger partial charge in [0.2, 0.25) is 0 Å². The molecule has 4 rings (SSSR count). The van der Waals surface area contributed by atoms with E-state index >= 15 is 0 Å². The molecular formula is C20H32O2. The largest absolute Gasteiger partial charge is 0.389 e. The van der Waals surface area contributed by atoms with Gasteiger partial charge < -0.3 is 5.11 Å². The summed E-state index contributed by atoms with van der Waals surface area (Å²) in [4.78, 5) is 12.4. The van der Waals surface area contributed by atoms with Gasteiger partial charge in [-0.25, -0.2) is 0 Å². The Morgan fingerprint density at radius 3 is 2.55 bits per heavy atom. The Labute approximate surface area is 135 Å². The Kier molecular flexibility index (Phi) is 3.16. The van der Waals surface area contributed by atoms with Gasteiger partial charge in [-0.05, 0) is 80.5 Å². The van der Waals surface area contributed by atoms with Gasteiger partial charge in [0.05, 0.1) is 5.60 Å². The highest BCUT2D eigenvalue weighted by Gasteiger charge is 2.64. The van der Waals surface area contributed by atoms with Crippen molar-refractivity contribution in [3.8, 4) is 0 Å². The van der Waals surface area contributed by atoms with Gasteiger partial charge in [-0.1, -0.05) is 20.8 Å². The minimum absolute atomic E-state index is 0.0328. The van der Waals surface area contributed by atoms with Crippen molar-refractivity contribution in [3.05, 3.63) is 0 Å². The molecule has 7 atom stereocenters. The zero-order valence-corrected chi connectivity index (χ0v) is 14.5. The maximum absolute atomic E-state index is 12.4. The standard InChI is InChI=1S/C20H32O2/c1-13-6-10-19(3)16-8-9-18(2)15(4-5-17(18)21)14(16)7-11-20(19,22)12-13/h13-16,22H,4-12H2,1-3H3/t13-,14-,15-,16-,18-,19+,20+/m0/s1. The zero-order chi connectivity index (χ0) is 15.8. The van der Waals surface area contributed by atoms with Crippen molar-refractivity contribution in [1.82, 2.24) is 0 Å². The summed E-state index contributed by atoms with van der Waals surface area (Å²) in [7, 11) is 0. The third-order valence-corrected chi connectivity index (χ3v) is 8.76. The van der Waals surface area contributed by atoms with Crippen LogP contribution in [0.1, 0.15) is 78.6 Å². The number of Topliss-reactive ketones (excluding diaryl/α,β-unsaturated/α-hetero) is 1. The monoisotopic (exact) mass is 304 g/mol. The lowest BCUT2D eigenvalue weighted by Gasteiger charge is -2.63. The molecule has 22 heavy (non-hydrogen) atoms. The lowest BCUT2D eigenvalue weighted by molar-refractivity contribution is -0.209. The molecule has 2 nitrogen and oxygen atoms in total. The summed E-state index contributed by atoms with van der Waals surface area (Å²) in [6.07, 6.45) is 9.71. The molecule has 0 saturated heterocycles. The van der Waals surface area contributed by atoms with Crippen molar-refractivity contribution in [2.75, 3.05) is 0 Å². The molecule has 4 aliphatic carbocycles. The van der Waals surface area contributed by atoms with E-state index in [4.69, 9.17) is 0 Å². The fraction of sp³-hybridized carbons (Fsp3) is 0.950. The average molecular weight is 304 g/mol. The first kappa shape index (κ1) is 15.2. The van der Waals surface area contributed by atoms with Gasteiger partial charge in [0, 0.05) is 11.8 Å². The smallest absolute Gasteiger partial charge is 0.139 e. The molecule has 0 aromatic heterocycles. The van der Waals surface area contributed by atoms with Gasteiger partial charge in [0.25, 0.3) is 0 Å². The molecule has 1 N–H and O–H groups in total. The normalized spacial score (nSPS) is 57.9. The predicted molar refractivity (Wildman–Crippen MR) is 87.4 cm³/mol. The van der Waals surface area contributed by atoms with Crippen LogP contribution in [0.3, 0.4) is 0 Å². The topological polar surface area (TPSA) is 37.3 Å². The van der Waals surface area contributed by atoms with E-state index in [1.807, 2.05) is 0 Å². The van der Waals surface area contributed by atoms with Crippen molar-refractivity contribution in [2.45, 2.75) is 84.2 Å². The molecule has 2 heteroatoms. The summed E-state index contributed by atoms with van der Waals surface area (Å²) in [6, 6.07) is 0. The van der Waals surface area contributed by atoms with E-state index in [0.717, 1.165) is 44.9 Å². The van der Waals surface area contributed by atoms with Crippen LogP contribution >= 0.6 is 0 Å². The Morgan fingerprint density at radius 1 is 1.00 bits per heavy atom. The second kappa shape index (κ2) is 4.59. The maximum atomic E-state index is 12.4. The molecule has 0 radical (unpaired) electrons. The average Bonchev–Trinajstić information content (AvgIpc) is 2.76. The van der Waals surface area contributed by atoms with E-state index in [-0.39, 0.29) is 10.8 Å². The molecule has 0 aromatic carbocycles. The number of aliphatic hydroxyl groups is 1. The van der Waals surface area contributed by atoms with Gasteiger partial charge in [-0.15, -0.1) is 0 Å². The Bertz CT molecular complexity index is 500. The van der Waals surface area contributed by atoms with Crippen LogP contribution in [0.25, 0.3) is 0 Å². The van der Waals surface area contributed by atoms with Gasteiger partial charge in [0.15, 0.2) is 0 Å². The summed E-state index contributed by atoms with van der Waals surface area (Å²) in [5, 5.41) is 11.4. The quantitative estimate of drug-likeness (QED) is 0.722. The first-order valence-electron chi connectivity index (χ1n) is 9.56. The minimum Gasteiger partial charge on any atom is -0.389 e. The van der Waals surface area contributed by atoms with E-state index in [0.29, 0.717) is 29.5 Å². The van der Waals surface area contributed by atoms with E-state index in [2.05, 4.69) is 20.8 Å². The number of hydrogen-bond donors (Lipinski definition) is 1. The molecule has 4 saturated carbocycles. The van der Waals surface area contributed by atoms with E-state index in [1.165, 1.54) is 12.8 Å². The molecule has 0 unspecified atom stereocenters. The van der Waals surface area contributed by atoms with Crippen molar-refractivity contribution in [2.24, 2.45) is 34.5 Å². The van der Waals surface area contributed by atoms with Crippen LogP contribution in [-0.4, -0.2) is 16.5 Å². The van der Waals surface area contributed by atoms with Crippen molar-refractivity contribution in [3.63, 3.8) is 0 Å². The van der Waals surface area contributed by atoms with Crippen LogP contribution in [0.5, 0.6) is 0 Å². The van der Waals surface area contributed by atoms with Crippen LogP contribution in [0.2, 0.25) is 0 Å².